The second-order valence-corrected chi connectivity index (χ2v) is 8.05. The van der Waals surface area contributed by atoms with Crippen LogP contribution in [0.1, 0.15) is 44.2 Å². The molecule has 0 N–H and O–H groups in total. The van der Waals surface area contributed by atoms with E-state index in [4.69, 9.17) is 0 Å². The van der Waals surface area contributed by atoms with Crippen LogP contribution >= 0.6 is 0 Å². The molecule has 1 saturated carbocycles. The van der Waals surface area contributed by atoms with Crippen molar-refractivity contribution in [1.82, 2.24) is 14.5 Å². The lowest BCUT2D eigenvalue weighted by atomic mass is 10.0. The maximum Gasteiger partial charge on any atom is 0.222 e. The van der Waals surface area contributed by atoms with Gasteiger partial charge in [0.1, 0.15) is 5.82 Å². The Labute approximate surface area is 156 Å². The van der Waals surface area contributed by atoms with Gasteiger partial charge in [-0.3, -0.25) is 4.79 Å². The van der Waals surface area contributed by atoms with Gasteiger partial charge in [0.2, 0.25) is 5.91 Å². The second-order valence-electron chi connectivity index (χ2n) is 8.05. The summed E-state index contributed by atoms with van der Waals surface area (Å²) in [4.78, 5) is 19.4. The fourth-order valence-corrected chi connectivity index (χ4v) is 4.57. The van der Waals surface area contributed by atoms with E-state index in [0.29, 0.717) is 17.7 Å². The Morgan fingerprint density at radius 1 is 1.12 bits per heavy atom. The standard InChI is InChI=1S/C22H29N3O/c1-17-14-23-22(20-9-3-2-4-10-20)25(17)16-19-11-12-24(15-19)21(26)13-18-7-5-6-8-18/h2-4,9-10,14,18-19H,5-8,11-13,15-16H2,1H3. The van der Waals surface area contributed by atoms with E-state index in [1.54, 1.807) is 0 Å². The van der Waals surface area contributed by atoms with E-state index in [-0.39, 0.29) is 0 Å². The number of likely N-dealkylation sites (tertiary alicyclic amines) is 1. The lowest BCUT2D eigenvalue weighted by Gasteiger charge is -2.20. The van der Waals surface area contributed by atoms with Crippen molar-refractivity contribution in [2.75, 3.05) is 13.1 Å². The molecule has 1 aliphatic heterocycles. The molecule has 2 heterocycles. The zero-order valence-electron chi connectivity index (χ0n) is 15.7. The van der Waals surface area contributed by atoms with Gasteiger partial charge in [0, 0.05) is 43.5 Å². The minimum Gasteiger partial charge on any atom is -0.342 e. The third-order valence-corrected chi connectivity index (χ3v) is 6.10. The SMILES string of the molecule is Cc1cnc(-c2ccccc2)n1CC1CCN(C(=O)CC2CCCC2)C1. The number of nitrogens with zero attached hydrogens (tertiary/aromatic N) is 3. The highest BCUT2D eigenvalue weighted by Gasteiger charge is 2.29. The van der Waals surface area contributed by atoms with Gasteiger partial charge < -0.3 is 9.47 Å². The number of carbonyl (C=O) groups is 1. The number of aryl methyl sites for hydroxylation is 1. The highest BCUT2D eigenvalue weighted by molar-refractivity contribution is 5.76. The van der Waals surface area contributed by atoms with Gasteiger partial charge in [0.05, 0.1) is 0 Å². The smallest absolute Gasteiger partial charge is 0.222 e. The highest BCUT2D eigenvalue weighted by atomic mass is 16.2. The zero-order valence-corrected chi connectivity index (χ0v) is 15.7. The topological polar surface area (TPSA) is 38.1 Å². The average molecular weight is 351 g/mol. The summed E-state index contributed by atoms with van der Waals surface area (Å²) in [7, 11) is 0. The Morgan fingerprint density at radius 2 is 1.88 bits per heavy atom. The molecular weight excluding hydrogens is 322 g/mol. The number of rotatable bonds is 5. The molecule has 4 heteroatoms. The van der Waals surface area contributed by atoms with Gasteiger partial charge in [-0.1, -0.05) is 43.2 Å². The summed E-state index contributed by atoms with van der Waals surface area (Å²) in [5.74, 6) is 2.59. The summed E-state index contributed by atoms with van der Waals surface area (Å²) in [6.07, 6.45) is 8.94. The molecular formula is C22H29N3O. The number of hydrogen-bond donors (Lipinski definition) is 0. The van der Waals surface area contributed by atoms with Gasteiger partial charge in [-0.15, -0.1) is 0 Å². The molecule has 2 fully saturated rings. The van der Waals surface area contributed by atoms with Crippen LogP contribution in [0.2, 0.25) is 0 Å². The number of amides is 1. The normalized spacial score (nSPS) is 20.8. The van der Waals surface area contributed by atoms with E-state index in [9.17, 15) is 4.79 Å². The van der Waals surface area contributed by atoms with Crippen molar-refractivity contribution in [3.8, 4) is 11.4 Å². The Bertz CT molecular complexity index is 746. The number of carbonyl (C=O) groups excluding carboxylic acids is 1. The predicted molar refractivity (Wildman–Crippen MR) is 104 cm³/mol. The van der Waals surface area contributed by atoms with Crippen LogP contribution in [0.5, 0.6) is 0 Å². The van der Waals surface area contributed by atoms with Gasteiger partial charge in [-0.25, -0.2) is 4.98 Å². The molecule has 0 radical (unpaired) electrons. The van der Waals surface area contributed by atoms with Crippen LogP contribution in [0.4, 0.5) is 0 Å². The molecule has 1 saturated heterocycles. The third kappa shape index (κ3) is 3.69. The minimum absolute atomic E-state index is 0.380. The molecule has 2 aliphatic rings. The first-order valence-corrected chi connectivity index (χ1v) is 10.1. The van der Waals surface area contributed by atoms with Crippen LogP contribution in [0.25, 0.3) is 11.4 Å². The first-order valence-electron chi connectivity index (χ1n) is 10.1. The van der Waals surface area contributed by atoms with Gasteiger partial charge in [0.25, 0.3) is 0 Å². The monoisotopic (exact) mass is 351 g/mol. The molecule has 2 aromatic rings. The molecule has 1 amide bonds. The first-order chi connectivity index (χ1) is 12.7. The van der Waals surface area contributed by atoms with Crippen molar-refractivity contribution >= 4 is 5.91 Å². The lowest BCUT2D eigenvalue weighted by molar-refractivity contribution is -0.131. The van der Waals surface area contributed by atoms with Crippen LogP contribution < -0.4 is 0 Å². The zero-order chi connectivity index (χ0) is 17.9. The molecule has 1 aromatic heterocycles. The van der Waals surface area contributed by atoms with Crippen LogP contribution in [-0.4, -0.2) is 33.4 Å². The van der Waals surface area contributed by atoms with Crippen molar-refractivity contribution in [1.29, 1.82) is 0 Å². The molecule has 0 spiro atoms. The van der Waals surface area contributed by atoms with Crippen molar-refractivity contribution in [2.24, 2.45) is 11.8 Å². The average Bonchev–Trinajstić information content (AvgIpc) is 3.39. The molecule has 1 atom stereocenters. The van der Waals surface area contributed by atoms with E-state index >= 15 is 0 Å². The molecule has 4 nitrogen and oxygen atoms in total. The van der Waals surface area contributed by atoms with Gasteiger partial charge >= 0.3 is 0 Å². The summed E-state index contributed by atoms with van der Waals surface area (Å²) in [5.41, 5.74) is 2.35. The van der Waals surface area contributed by atoms with Crippen LogP contribution in [0.15, 0.2) is 36.5 Å². The summed E-state index contributed by atoms with van der Waals surface area (Å²) in [6, 6.07) is 10.4. The van der Waals surface area contributed by atoms with Crippen LogP contribution in [0.3, 0.4) is 0 Å². The first kappa shape index (κ1) is 17.3. The largest absolute Gasteiger partial charge is 0.342 e. The van der Waals surface area contributed by atoms with E-state index in [2.05, 4.69) is 45.6 Å². The highest BCUT2D eigenvalue weighted by Crippen LogP contribution is 2.30. The van der Waals surface area contributed by atoms with E-state index < -0.39 is 0 Å². The molecule has 26 heavy (non-hydrogen) atoms. The van der Waals surface area contributed by atoms with Crippen molar-refractivity contribution < 1.29 is 4.79 Å². The van der Waals surface area contributed by atoms with Crippen LogP contribution in [-0.2, 0) is 11.3 Å². The van der Waals surface area contributed by atoms with Crippen molar-refractivity contribution in [3.05, 3.63) is 42.2 Å². The number of aromatic nitrogens is 2. The molecule has 0 bridgehead atoms. The van der Waals surface area contributed by atoms with E-state index in [0.717, 1.165) is 43.9 Å². The molecule has 1 aromatic carbocycles. The molecule has 138 valence electrons. The summed E-state index contributed by atoms with van der Waals surface area (Å²) >= 11 is 0. The van der Waals surface area contributed by atoms with Crippen LogP contribution in [0, 0.1) is 18.8 Å². The molecule has 4 rings (SSSR count). The van der Waals surface area contributed by atoms with Crippen molar-refractivity contribution in [2.45, 2.75) is 52.0 Å². The Kier molecular flexibility index (Phi) is 5.09. The summed E-state index contributed by atoms with van der Waals surface area (Å²) < 4.78 is 2.32. The predicted octanol–water partition coefficient (Wildman–Crippen LogP) is 4.29. The van der Waals surface area contributed by atoms with E-state index in [1.165, 1.54) is 31.4 Å². The quantitative estimate of drug-likeness (QED) is 0.806. The summed E-state index contributed by atoms with van der Waals surface area (Å²) in [6.45, 7) is 4.89. The second kappa shape index (κ2) is 7.65. The third-order valence-electron chi connectivity index (χ3n) is 6.10. The maximum absolute atomic E-state index is 12.6. The number of imidazole rings is 1. The Hall–Kier alpha value is -2.10. The summed E-state index contributed by atoms with van der Waals surface area (Å²) in [5, 5.41) is 0. The van der Waals surface area contributed by atoms with E-state index in [1.807, 2.05) is 12.3 Å². The molecule has 1 unspecified atom stereocenters. The fourth-order valence-electron chi connectivity index (χ4n) is 4.57. The Morgan fingerprint density at radius 3 is 2.65 bits per heavy atom. The fraction of sp³-hybridized carbons (Fsp3) is 0.545. The minimum atomic E-state index is 0.380. The van der Waals surface area contributed by atoms with Crippen molar-refractivity contribution in [3.63, 3.8) is 0 Å². The van der Waals surface area contributed by atoms with Gasteiger partial charge in [0.15, 0.2) is 0 Å². The van der Waals surface area contributed by atoms with Gasteiger partial charge in [-0.05, 0) is 38.0 Å². The maximum atomic E-state index is 12.6. The molecule has 1 aliphatic carbocycles. The van der Waals surface area contributed by atoms with Gasteiger partial charge in [-0.2, -0.15) is 0 Å². The number of hydrogen-bond acceptors (Lipinski definition) is 2. The Balaban J connectivity index is 1.40. The number of benzene rings is 1. The lowest BCUT2D eigenvalue weighted by Crippen LogP contribution is -2.30.